The topological polar surface area (TPSA) is 3.24 Å². The largest absolute Gasteiger partial charge is 0.238 e. The second kappa shape index (κ2) is 2.35. The molecule has 0 saturated heterocycles. The summed E-state index contributed by atoms with van der Waals surface area (Å²) >= 11 is 1.80. The molecule has 1 aliphatic heterocycles. The molecule has 1 nitrogen and oxygen atoms in total. The van der Waals surface area contributed by atoms with Crippen molar-refractivity contribution in [1.29, 1.82) is 0 Å². The summed E-state index contributed by atoms with van der Waals surface area (Å²) in [5.74, 6) is 0. The smallest absolute Gasteiger partial charge is 0.0287 e. The summed E-state index contributed by atoms with van der Waals surface area (Å²) in [5, 5.41) is 2.14. The van der Waals surface area contributed by atoms with E-state index in [4.69, 9.17) is 0 Å². The molecule has 0 aromatic heterocycles. The van der Waals surface area contributed by atoms with Gasteiger partial charge >= 0.3 is 0 Å². The Labute approximate surface area is 61.3 Å². The van der Waals surface area contributed by atoms with E-state index >= 15 is 0 Å². The molecular formula is C7H13NS. The lowest BCUT2D eigenvalue weighted by Crippen LogP contribution is -2.33. The molecule has 0 bridgehead atoms. The van der Waals surface area contributed by atoms with Crippen LogP contribution in [-0.2, 0) is 0 Å². The lowest BCUT2D eigenvalue weighted by molar-refractivity contribution is 0.301. The average molecular weight is 143 g/mol. The van der Waals surface area contributed by atoms with Crippen LogP contribution in [0.1, 0.15) is 20.8 Å². The minimum Gasteiger partial charge on any atom is -0.238 e. The van der Waals surface area contributed by atoms with Gasteiger partial charge in [-0.2, -0.15) is 0 Å². The van der Waals surface area contributed by atoms with E-state index in [1.807, 2.05) is 0 Å². The van der Waals surface area contributed by atoms with Crippen LogP contribution < -0.4 is 0 Å². The third-order valence-electron chi connectivity index (χ3n) is 1.30. The zero-order valence-electron chi connectivity index (χ0n) is 6.22. The summed E-state index contributed by atoms with van der Waals surface area (Å²) in [7, 11) is 0. The third-order valence-corrected chi connectivity index (χ3v) is 2.57. The summed E-state index contributed by atoms with van der Waals surface area (Å²) in [6.07, 6.45) is 2.19. The van der Waals surface area contributed by atoms with Crippen LogP contribution in [0.5, 0.6) is 0 Å². The zero-order chi connectivity index (χ0) is 6.91. The van der Waals surface area contributed by atoms with Crippen molar-refractivity contribution in [3.63, 3.8) is 0 Å². The van der Waals surface area contributed by atoms with Crippen molar-refractivity contribution >= 4 is 11.9 Å². The van der Waals surface area contributed by atoms with Crippen molar-refractivity contribution < 1.29 is 0 Å². The second-order valence-electron chi connectivity index (χ2n) is 3.21. The molecule has 0 aromatic rings. The molecule has 0 aromatic carbocycles. The summed E-state index contributed by atoms with van der Waals surface area (Å²) in [5.41, 5.74) is 0.314. The molecule has 0 fully saturated rings. The van der Waals surface area contributed by atoms with Crippen molar-refractivity contribution in [3.05, 3.63) is 11.5 Å². The Bertz CT molecular complexity index is 115. The van der Waals surface area contributed by atoms with Crippen molar-refractivity contribution in [2.45, 2.75) is 26.3 Å². The number of rotatable bonds is 0. The molecule has 1 aliphatic rings. The normalized spacial score (nSPS) is 21.2. The lowest BCUT2D eigenvalue weighted by atomic mass is 10.1. The van der Waals surface area contributed by atoms with Gasteiger partial charge in [0.25, 0.3) is 0 Å². The van der Waals surface area contributed by atoms with Gasteiger partial charge in [-0.25, -0.2) is 4.31 Å². The van der Waals surface area contributed by atoms with Crippen molar-refractivity contribution in [3.8, 4) is 0 Å². The van der Waals surface area contributed by atoms with E-state index in [9.17, 15) is 0 Å². The van der Waals surface area contributed by atoms with E-state index in [2.05, 4.69) is 36.6 Å². The maximum Gasteiger partial charge on any atom is 0.0287 e. The Balaban J connectivity index is 2.46. The summed E-state index contributed by atoms with van der Waals surface area (Å²) < 4.78 is 2.35. The molecule has 1 heterocycles. The summed E-state index contributed by atoms with van der Waals surface area (Å²) in [6.45, 7) is 7.78. The molecule has 0 amide bonds. The summed E-state index contributed by atoms with van der Waals surface area (Å²) in [6, 6.07) is 0. The van der Waals surface area contributed by atoms with Crippen molar-refractivity contribution in [1.82, 2.24) is 4.31 Å². The molecule has 0 unspecified atom stereocenters. The molecule has 0 saturated carbocycles. The first-order valence-corrected chi connectivity index (χ1v) is 4.04. The van der Waals surface area contributed by atoms with Crippen molar-refractivity contribution in [2.24, 2.45) is 0 Å². The Kier molecular flexibility index (Phi) is 1.87. The number of hydrogen-bond donors (Lipinski definition) is 0. The van der Waals surface area contributed by atoms with Crippen LogP contribution in [0.4, 0.5) is 0 Å². The fraction of sp³-hybridized carbons (Fsp3) is 0.714. The highest BCUT2D eigenvalue weighted by Crippen LogP contribution is 2.27. The minimum atomic E-state index is 0.314. The van der Waals surface area contributed by atoms with Crippen LogP contribution >= 0.6 is 11.9 Å². The van der Waals surface area contributed by atoms with Gasteiger partial charge in [0.1, 0.15) is 0 Å². The van der Waals surface area contributed by atoms with E-state index in [-0.39, 0.29) is 0 Å². The number of hydrogen-bond acceptors (Lipinski definition) is 2. The average Bonchev–Trinajstić information content (AvgIpc) is 2.08. The maximum atomic E-state index is 2.35. The van der Waals surface area contributed by atoms with Crippen molar-refractivity contribution in [2.75, 3.05) is 6.54 Å². The van der Waals surface area contributed by atoms with E-state index in [0.29, 0.717) is 5.54 Å². The third kappa shape index (κ3) is 1.73. The molecule has 0 atom stereocenters. The quantitative estimate of drug-likeness (QED) is 0.478. The maximum absolute atomic E-state index is 2.35. The lowest BCUT2D eigenvalue weighted by Gasteiger charge is -2.29. The molecule has 9 heavy (non-hydrogen) atoms. The first kappa shape index (κ1) is 7.16. The number of nitrogens with zero attached hydrogens (tertiary/aromatic N) is 1. The van der Waals surface area contributed by atoms with Crippen LogP contribution in [0.25, 0.3) is 0 Å². The fourth-order valence-electron chi connectivity index (χ4n) is 0.730. The molecule has 0 spiro atoms. The fourth-order valence-corrected chi connectivity index (χ4v) is 1.54. The van der Waals surface area contributed by atoms with Gasteiger partial charge in [0.2, 0.25) is 0 Å². The van der Waals surface area contributed by atoms with E-state index in [1.165, 1.54) is 0 Å². The molecule has 2 heteroatoms. The molecule has 0 aliphatic carbocycles. The monoisotopic (exact) mass is 143 g/mol. The van der Waals surface area contributed by atoms with Gasteiger partial charge in [0.05, 0.1) is 0 Å². The predicted octanol–water partition coefficient (Wildman–Crippen LogP) is 2.26. The van der Waals surface area contributed by atoms with Crippen LogP contribution in [0, 0.1) is 0 Å². The molecule has 0 N–H and O–H groups in total. The Morgan fingerprint density at radius 3 is 2.33 bits per heavy atom. The molecular weight excluding hydrogens is 130 g/mol. The van der Waals surface area contributed by atoms with Gasteiger partial charge in [-0.1, -0.05) is 6.08 Å². The van der Waals surface area contributed by atoms with E-state index in [0.717, 1.165) is 6.54 Å². The van der Waals surface area contributed by atoms with Gasteiger partial charge < -0.3 is 0 Å². The van der Waals surface area contributed by atoms with Crippen LogP contribution in [-0.4, -0.2) is 16.4 Å². The Morgan fingerprint density at radius 2 is 2.11 bits per heavy atom. The molecule has 1 rings (SSSR count). The van der Waals surface area contributed by atoms with Gasteiger partial charge in [0.15, 0.2) is 0 Å². The first-order valence-electron chi connectivity index (χ1n) is 3.20. The first-order chi connectivity index (χ1) is 4.11. The van der Waals surface area contributed by atoms with Crippen LogP contribution in [0.2, 0.25) is 0 Å². The summed E-state index contributed by atoms with van der Waals surface area (Å²) in [4.78, 5) is 0. The Morgan fingerprint density at radius 1 is 1.44 bits per heavy atom. The second-order valence-corrected chi connectivity index (χ2v) is 4.13. The van der Waals surface area contributed by atoms with E-state index in [1.54, 1.807) is 11.9 Å². The highest BCUT2D eigenvalue weighted by atomic mass is 32.2. The highest BCUT2D eigenvalue weighted by molar-refractivity contribution is 8.00. The molecule has 0 radical (unpaired) electrons. The predicted molar refractivity (Wildman–Crippen MR) is 43.2 cm³/mol. The van der Waals surface area contributed by atoms with E-state index < -0.39 is 0 Å². The molecule has 52 valence electrons. The minimum absolute atomic E-state index is 0.314. The SMILES string of the molecule is CC(C)(C)N1CC=CS1. The Hall–Kier alpha value is 0.0500. The highest BCUT2D eigenvalue weighted by Gasteiger charge is 2.21. The zero-order valence-corrected chi connectivity index (χ0v) is 7.03. The van der Waals surface area contributed by atoms with Gasteiger partial charge in [-0.3, -0.25) is 0 Å². The van der Waals surface area contributed by atoms with Gasteiger partial charge in [-0.05, 0) is 38.1 Å². The standard InChI is InChI=1S/C7H13NS/c1-7(2,3)8-5-4-6-9-8/h4,6H,5H2,1-3H3. The van der Waals surface area contributed by atoms with Crippen LogP contribution in [0.15, 0.2) is 11.5 Å². The van der Waals surface area contributed by atoms with Crippen LogP contribution in [0.3, 0.4) is 0 Å². The van der Waals surface area contributed by atoms with Gasteiger partial charge in [-0.15, -0.1) is 0 Å². The van der Waals surface area contributed by atoms with Gasteiger partial charge in [0, 0.05) is 12.1 Å².